The maximum atomic E-state index is 13.4. The molecule has 3 aliphatic rings. The average molecular weight is 558 g/mol. The number of hydrazine groups is 1. The van der Waals surface area contributed by atoms with Crippen LogP contribution in [0, 0.1) is 18.8 Å². The van der Waals surface area contributed by atoms with Crippen molar-refractivity contribution in [1.29, 1.82) is 0 Å². The van der Waals surface area contributed by atoms with Crippen molar-refractivity contribution in [3.63, 3.8) is 0 Å². The van der Waals surface area contributed by atoms with Crippen molar-refractivity contribution in [2.75, 3.05) is 26.7 Å². The summed E-state index contributed by atoms with van der Waals surface area (Å²) in [5, 5.41) is 4.31. The van der Waals surface area contributed by atoms with Crippen LogP contribution >= 0.6 is 11.3 Å². The monoisotopic (exact) mass is 558 g/mol. The molecule has 1 amide bonds. The number of hydrogen-bond donors (Lipinski definition) is 3. The van der Waals surface area contributed by atoms with Gasteiger partial charge in [0.1, 0.15) is 0 Å². The van der Waals surface area contributed by atoms with Crippen LogP contribution < -0.4 is 16.1 Å². The minimum atomic E-state index is -4.30. The summed E-state index contributed by atoms with van der Waals surface area (Å²) in [4.78, 5) is 18.9. The van der Waals surface area contributed by atoms with Crippen LogP contribution in [0.4, 0.5) is 13.2 Å². The fourth-order valence-corrected chi connectivity index (χ4v) is 6.07. The first-order chi connectivity index (χ1) is 16.2. The third kappa shape index (κ3) is 6.23. The molecule has 0 saturated carbocycles. The summed E-state index contributed by atoms with van der Waals surface area (Å²) in [5.41, 5.74) is 3.61. The molecule has 1 fully saturated rings. The number of piperidine rings is 1. The average Bonchev–Trinajstić information content (AvgIpc) is 3.36. The Kier molecular flexibility index (Phi) is 7.70. The summed E-state index contributed by atoms with van der Waals surface area (Å²) >= 11 is -0.473. The van der Waals surface area contributed by atoms with Crippen LogP contribution in [0.3, 0.4) is 0 Å². The van der Waals surface area contributed by atoms with Gasteiger partial charge in [0.2, 0.25) is 0 Å². The molecule has 3 aliphatic heterocycles. The first kappa shape index (κ1) is 24.8. The van der Waals surface area contributed by atoms with Gasteiger partial charge < -0.3 is 0 Å². The zero-order valence-corrected chi connectivity index (χ0v) is 21.2. The van der Waals surface area contributed by atoms with Crippen LogP contribution in [-0.4, -0.2) is 79.6 Å². The van der Waals surface area contributed by atoms with E-state index in [1.807, 2.05) is 6.08 Å². The zero-order valence-electron chi connectivity index (χ0n) is 18.7. The Morgan fingerprint density at radius 3 is 2.82 bits per heavy atom. The van der Waals surface area contributed by atoms with E-state index in [9.17, 15) is 18.0 Å². The molecule has 0 bridgehead atoms. The summed E-state index contributed by atoms with van der Waals surface area (Å²) < 4.78 is 40.5. The Hall–Kier alpha value is -2.29. The van der Waals surface area contributed by atoms with Gasteiger partial charge in [0, 0.05) is 0 Å². The number of likely N-dealkylation sites (tertiary alicyclic amines) is 1. The number of carbonyl (C=O) groups is 1. The summed E-state index contributed by atoms with van der Waals surface area (Å²) in [6.07, 6.45) is 8.73. The number of aromatic nitrogens is 1. The van der Waals surface area contributed by atoms with Crippen LogP contribution in [0.2, 0.25) is 0 Å². The first-order valence-corrected chi connectivity index (χ1v) is 13.3. The van der Waals surface area contributed by atoms with Gasteiger partial charge in [-0.25, -0.2) is 0 Å². The molecule has 0 aromatic carbocycles. The van der Waals surface area contributed by atoms with Gasteiger partial charge in [0.05, 0.1) is 0 Å². The Morgan fingerprint density at radius 1 is 1.38 bits per heavy atom. The fraction of sp³-hybridized carbons (Fsp3) is 0.455. The Balaban J connectivity index is 1.45. The van der Waals surface area contributed by atoms with Gasteiger partial charge >= 0.3 is 207 Å². The number of allylic oxidation sites excluding steroid dienone is 3. The van der Waals surface area contributed by atoms with E-state index in [4.69, 9.17) is 0 Å². The molecule has 1 aromatic rings. The number of thiazole rings is 1. The van der Waals surface area contributed by atoms with Gasteiger partial charge in [0.25, 0.3) is 0 Å². The van der Waals surface area contributed by atoms with E-state index in [0.29, 0.717) is 10.6 Å². The molecule has 1 atom stereocenters. The predicted molar refractivity (Wildman–Crippen MR) is 125 cm³/mol. The molecule has 34 heavy (non-hydrogen) atoms. The van der Waals surface area contributed by atoms with Gasteiger partial charge in [-0.2, -0.15) is 0 Å². The standard InChI is InChI=1S/C22H25F3N6OSSe/c1-14-27-13-18(33-14)21(32)26-10-4-5-16-20(34-22(23,24)25)17-6-3-7-19(31(17)29-16)28-15-8-11-30(2)12-9-15/h3,6-7,13,15-16,28-29H,8-12H2,1-2H3,(H,26,32). The maximum absolute atomic E-state index is 13.4. The van der Waals surface area contributed by atoms with Crippen molar-refractivity contribution in [2.45, 2.75) is 36.9 Å². The van der Waals surface area contributed by atoms with E-state index >= 15 is 0 Å². The number of nitrogens with zero attached hydrogens (tertiary/aromatic N) is 3. The molecule has 4 rings (SSSR count). The van der Waals surface area contributed by atoms with E-state index in [1.165, 1.54) is 17.5 Å². The minimum absolute atomic E-state index is 0.0297. The van der Waals surface area contributed by atoms with Crippen LogP contribution in [-0.2, 0) is 0 Å². The number of halogens is 3. The summed E-state index contributed by atoms with van der Waals surface area (Å²) in [7, 11) is 2.08. The second kappa shape index (κ2) is 10.5. The summed E-state index contributed by atoms with van der Waals surface area (Å²) in [6.45, 7) is 3.78. The van der Waals surface area contributed by atoms with Crippen molar-refractivity contribution in [3.8, 4) is 11.8 Å². The predicted octanol–water partition coefficient (Wildman–Crippen LogP) is 1.90. The van der Waals surface area contributed by atoms with E-state index in [-0.39, 0.29) is 23.0 Å². The van der Waals surface area contributed by atoms with Crippen molar-refractivity contribution in [3.05, 3.63) is 50.3 Å². The summed E-state index contributed by atoms with van der Waals surface area (Å²) in [6, 6.07) is -0.533. The number of hydrogen-bond acceptors (Lipinski definition) is 7. The van der Waals surface area contributed by atoms with Crippen molar-refractivity contribution in [1.82, 2.24) is 31.0 Å². The topological polar surface area (TPSA) is 72.5 Å². The molecular formula is C22H25F3N6OSSe. The van der Waals surface area contributed by atoms with E-state index < -0.39 is 26.1 Å². The quantitative estimate of drug-likeness (QED) is 0.380. The number of aryl methyl sites for hydroxylation is 1. The molecule has 1 aromatic heterocycles. The zero-order chi connectivity index (χ0) is 24.3. The van der Waals surface area contributed by atoms with E-state index in [2.05, 4.69) is 44.8 Å². The molecule has 1 unspecified atom stereocenters. The first-order valence-electron chi connectivity index (χ1n) is 10.8. The third-order valence-corrected chi connectivity index (χ3v) is 8.28. The number of nitrogens with one attached hydrogen (secondary N) is 3. The van der Waals surface area contributed by atoms with Crippen LogP contribution in [0.1, 0.15) is 27.5 Å². The number of amides is 1. The fourth-order valence-electron chi connectivity index (χ4n) is 3.82. The molecular weight excluding hydrogens is 532 g/mol. The van der Waals surface area contributed by atoms with Crippen molar-refractivity contribution < 1.29 is 18.0 Å². The van der Waals surface area contributed by atoms with Gasteiger partial charge in [0.15, 0.2) is 0 Å². The van der Waals surface area contributed by atoms with Crippen LogP contribution in [0.5, 0.6) is 0 Å². The van der Waals surface area contributed by atoms with Gasteiger partial charge in [-0.3, -0.25) is 0 Å². The van der Waals surface area contributed by atoms with Crippen LogP contribution in [0.15, 0.2) is 40.4 Å². The Bertz CT molecular complexity index is 1080. The molecule has 1 saturated heterocycles. The second-order valence-corrected chi connectivity index (χ2v) is 11.6. The SMILES string of the molecule is Cc1ncc(C(=O)NCC#CC2NN3C(NC4CCN(C)CC4)=CC=CC3=C2[Se]C(F)(F)F)s1. The Morgan fingerprint density at radius 2 is 2.15 bits per heavy atom. The number of fused-ring (bicyclic) bond motifs is 1. The summed E-state index contributed by atoms with van der Waals surface area (Å²) in [5.74, 6) is 6.12. The van der Waals surface area contributed by atoms with E-state index in [1.54, 1.807) is 24.1 Å². The molecule has 7 nitrogen and oxygen atoms in total. The number of alkyl halides is 3. The molecule has 3 N–H and O–H groups in total. The van der Waals surface area contributed by atoms with Crippen LogP contribution in [0.25, 0.3) is 0 Å². The molecule has 4 heterocycles. The Labute approximate surface area is 206 Å². The van der Waals surface area contributed by atoms with Gasteiger partial charge in [-0.05, 0) is 0 Å². The van der Waals surface area contributed by atoms with Gasteiger partial charge in [-0.15, -0.1) is 0 Å². The molecule has 12 heteroatoms. The second-order valence-electron chi connectivity index (χ2n) is 8.08. The van der Waals surface area contributed by atoms with Gasteiger partial charge in [-0.1, -0.05) is 0 Å². The van der Waals surface area contributed by atoms with Crippen molar-refractivity contribution >= 4 is 32.2 Å². The number of rotatable bonds is 5. The molecule has 0 radical (unpaired) electrons. The third-order valence-electron chi connectivity index (χ3n) is 5.49. The molecule has 0 spiro atoms. The normalized spacial score (nSPS) is 21.1. The number of carbonyl (C=O) groups excluding carboxylic acids is 1. The molecule has 182 valence electrons. The van der Waals surface area contributed by atoms with E-state index in [0.717, 1.165) is 36.8 Å². The van der Waals surface area contributed by atoms with Crippen molar-refractivity contribution in [2.24, 2.45) is 0 Å². The molecule has 0 aliphatic carbocycles.